The zero-order chi connectivity index (χ0) is 14.9. The number of rotatable bonds is 3. The molecule has 1 amide bonds. The van der Waals surface area contributed by atoms with E-state index in [1.54, 1.807) is 24.3 Å². The van der Waals surface area contributed by atoms with Gasteiger partial charge in [0.1, 0.15) is 5.82 Å². The van der Waals surface area contributed by atoms with E-state index in [1.165, 1.54) is 12.1 Å². The minimum Gasteiger partial charge on any atom is -0.394 e. The van der Waals surface area contributed by atoms with E-state index in [1.807, 2.05) is 0 Å². The average molecular weight is 287 g/mol. The molecule has 0 radical (unpaired) electrons. The second-order valence-corrected chi connectivity index (χ2v) is 5.74. The first-order chi connectivity index (χ1) is 10.2. The minimum absolute atomic E-state index is 0.0577. The highest BCUT2D eigenvalue weighted by Crippen LogP contribution is 2.30. The molecule has 1 aliphatic carbocycles. The Bertz CT molecular complexity index is 678. The fourth-order valence-corrected chi connectivity index (χ4v) is 3.14. The molecule has 0 atom stereocenters. The van der Waals surface area contributed by atoms with Gasteiger partial charge in [0.15, 0.2) is 0 Å². The van der Waals surface area contributed by atoms with Crippen molar-refractivity contribution in [3.63, 3.8) is 0 Å². The molecule has 0 unspecified atom stereocenters. The summed E-state index contributed by atoms with van der Waals surface area (Å²) in [6.45, 7) is -0.0577. The summed E-state index contributed by atoms with van der Waals surface area (Å²) in [6.07, 6.45) is 3.58. The molecule has 0 aromatic heterocycles. The number of hydrogen-bond acceptors (Lipinski definition) is 2. The van der Waals surface area contributed by atoms with E-state index in [0.717, 1.165) is 25.7 Å². The van der Waals surface area contributed by atoms with Crippen LogP contribution in [0.25, 0.3) is 10.8 Å². The average Bonchev–Trinajstić information content (AvgIpc) is 2.97. The van der Waals surface area contributed by atoms with E-state index in [0.29, 0.717) is 16.3 Å². The third-order valence-corrected chi connectivity index (χ3v) is 4.36. The number of fused-ring (bicyclic) bond motifs is 1. The van der Waals surface area contributed by atoms with Gasteiger partial charge in [-0.1, -0.05) is 37.1 Å². The molecule has 0 heterocycles. The Kier molecular flexibility index (Phi) is 3.64. The largest absolute Gasteiger partial charge is 0.394 e. The van der Waals surface area contributed by atoms with Crippen LogP contribution in [-0.4, -0.2) is 23.2 Å². The van der Waals surface area contributed by atoms with Gasteiger partial charge in [0, 0.05) is 10.9 Å². The van der Waals surface area contributed by atoms with Crippen LogP contribution in [-0.2, 0) is 0 Å². The number of amides is 1. The van der Waals surface area contributed by atoms with Crippen molar-refractivity contribution in [2.24, 2.45) is 0 Å². The highest BCUT2D eigenvalue weighted by molar-refractivity contribution is 6.07. The van der Waals surface area contributed by atoms with Gasteiger partial charge in [-0.25, -0.2) is 4.39 Å². The second-order valence-electron chi connectivity index (χ2n) is 5.74. The van der Waals surface area contributed by atoms with Crippen molar-refractivity contribution in [2.75, 3.05) is 6.61 Å². The molecule has 0 aliphatic heterocycles. The number of halogens is 1. The number of nitrogens with one attached hydrogen (secondary N) is 1. The van der Waals surface area contributed by atoms with Crippen LogP contribution in [0.15, 0.2) is 36.4 Å². The van der Waals surface area contributed by atoms with Crippen LogP contribution in [0.3, 0.4) is 0 Å². The smallest absolute Gasteiger partial charge is 0.252 e. The van der Waals surface area contributed by atoms with Crippen LogP contribution in [0.4, 0.5) is 4.39 Å². The van der Waals surface area contributed by atoms with E-state index in [-0.39, 0.29) is 18.3 Å². The lowest BCUT2D eigenvalue weighted by Crippen LogP contribution is -2.49. The lowest BCUT2D eigenvalue weighted by molar-refractivity contribution is 0.0840. The quantitative estimate of drug-likeness (QED) is 0.911. The van der Waals surface area contributed by atoms with Crippen molar-refractivity contribution in [3.8, 4) is 0 Å². The van der Waals surface area contributed by atoms with Crippen LogP contribution in [0.2, 0.25) is 0 Å². The Morgan fingerprint density at radius 1 is 1.14 bits per heavy atom. The lowest BCUT2D eigenvalue weighted by Gasteiger charge is -2.28. The molecule has 4 heteroatoms. The minimum atomic E-state index is -0.521. The van der Waals surface area contributed by atoms with Crippen LogP contribution < -0.4 is 5.32 Å². The first kappa shape index (κ1) is 14.0. The zero-order valence-electron chi connectivity index (χ0n) is 11.7. The molecule has 1 aliphatic rings. The Labute approximate surface area is 122 Å². The maximum atomic E-state index is 13.8. The summed E-state index contributed by atoms with van der Waals surface area (Å²) in [5.74, 6) is -0.581. The van der Waals surface area contributed by atoms with E-state index in [9.17, 15) is 14.3 Å². The molecule has 110 valence electrons. The number of aliphatic hydroxyl groups is 1. The molecule has 2 aromatic rings. The highest BCUT2D eigenvalue weighted by Gasteiger charge is 2.35. The van der Waals surface area contributed by atoms with E-state index in [4.69, 9.17) is 0 Å². The normalized spacial score (nSPS) is 17.0. The third kappa shape index (κ3) is 2.51. The summed E-state index contributed by atoms with van der Waals surface area (Å²) in [5.41, 5.74) is -0.0706. The third-order valence-electron chi connectivity index (χ3n) is 4.36. The van der Waals surface area contributed by atoms with Gasteiger partial charge in [-0.05, 0) is 30.4 Å². The van der Waals surface area contributed by atoms with Gasteiger partial charge in [-0.2, -0.15) is 0 Å². The van der Waals surface area contributed by atoms with Crippen LogP contribution in [0.1, 0.15) is 36.0 Å². The predicted molar refractivity (Wildman–Crippen MR) is 79.7 cm³/mol. The second kappa shape index (κ2) is 5.45. The fourth-order valence-electron chi connectivity index (χ4n) is 3.14. The van der Waals surface area contributed by atoms with Crippen molar-refractivity contribution >= 4 is 16.7 Å². The van der Waals surface area contributed by atoms with Gasteiger partial charge in [-0.15, -0.1) is 0 Å². The van der Waals surface area contributed by atoms with E-state index < -0.39 is 5.54 Å². The van der Waals surface area contributed by atoms with Crippen LogP contribution in [0, 0.1) is 5.82 Å². The molecule has 0 saturated heterocycles. The van der Waals surface area contributed by atoms with Gasteiger partial charge in [-0.3, -0.25) is 4.79 Å². The highest BCUT2D eigenvalue weighted by atomic mass is 19.1. The SMILES string of the molecule is O=C(NC1(CO)CCCC1)c1ccc(F)c2ccccc12. The Balaban J connectivity index is 1.97. The number of hydrogen-bond donors (Lipinski definition) is 2. The maximum Gasteiger partial charge on any atom is 0.252 e. The standard InChI is InChI=1S/C17H18FNO2/c18-15-8-7-14(12-5-1-2-6-13(12)15)16(21)19-17(11-20)9-3-4-10-17/h1-2,5-8,20H,3-4,9-11H2,(H,19,21). The summed E-state index contributed by atoms with van der Waals surface area (Å²) >= 11 is 0. The molecule has 2 N–H and O–H groups in total. The molecule has 0 spiro atoms. The van der Waals surface area contributed by atoms with Crippen molar-refractivity contribution in [3.05, 3.63) is 47.8 Å². The van der Waals surface area contributed by atoms with E-state index in [2.05, 4.69) is 5.32 Å². The van der Waals surface area contributed by atoms with Crippen molar-refractivity contribution in [1.82, 2.24) is 5.32 Å². The Morgan fingerprint density at radius 2 is 1.81 bits per heavy atom. The topological polar surface area (TPSA) is 49.3 Å². The number of carbonyl (C=O) groups is 1. The monoisotopic (exact) mass is 287 g/mol. The summed E-state index contributed by atoms with van der Waals surface area (Å²) in [4.78, 5) is 12.5. The van der Waals surface area contributed by atoms with Crippen molar-refractivity contribution in [1.29, 1.82) is 0 Å². The van der Waals surface area contributed by atoms with Gasteiger partial charge in [0.05, 0.1) is 12.1 Å². The molecule has 1 fully saturated rings. The first-order valence-corrected chi connectivity index (χ1v) is 7.26. The molecular formula is C17H18FNO2. The van der Waals surface area contributed by atoms with Crippen molar-refractivity contribution in [2.45, 2.75) is 31.2 Å². The zero-order valence-corrected chi connectivity index (χ0v) is 11.7. The van der Waals surface area contributed by atoms with Gasteiger partial charge < -0.3 is 10.4 Å². The Hall–Kier alpha value is -1.94. The Morgan fingerprint density at radius 3 is 2.48 bits per heavy atom. The molecule has 3 nitrogen and oxygen atoms in total. The predicted octanol–water partition coefficient (Wildman–Crippen LogP) is 3.01. The summed E-state index contributed by atoms with van der Waals surface area (Å²) in [6, 6.07) is 9.77. The van der Waals surface area contributed by atoms with Crippen molar-refractivity contribution < 1.29 is 14.3 Å². The van der Waals surface area contributed by atoms with Gasteiger partial charge >= 0.3 is 0 Å². The molecular weight excluding hydrogens is 269 g/mol. The van der Waals surface area contributed by atoms with Gasteiger partial charge in [0.25, 0.3) is 5.91 Å². The first-order valence-electron chi connectivity index (χ1n) is 7.26. The number of benzene rings is 2. The number of carbonyl (C=O) groups excluding carboxylic acids is 1. The van der Waals surface area contributed by atoms with Gasteiger partial charge in [0.2, 0.25) is 0 Å². The molecule has 1 saturated carbocycles. The van der Waals surface area contributed by atoms with Crippen LogP contribution >= 0.6 is 0 Å². The lowest BCUT2D eigenvalue weighted by atomic mass is 9.97. The summed E-state index contributed by atoms with van der Waals surface area (Å²) in [5, 5.41) is 13.6. The molecule has 0 bridgehead atoms. The molecule has 2 aromatic carbocycles. The summed E-state index contributed by atoms with van der Waals surface area (Å²) in [7, 11) is 0. The van der Waals surface area contributed by atoms with Crippen LogP contribution in [0.5, 0.6) is 0 Å². The maximum absolute atomic E-state index is 13.8. The summed E-state index contributed by atoms with van der Waals surface area (Å²) < 4.78 is 13.8. The fraction of sp³-hybridized carbons (Fsp3) is 0.353. The van der Waals surface area contributed by atoms with E-state index >= 15 is 0 Å². The number of aliphatic hydroxyl groups excluding tert-OH is 1. The molecule has 21 heavy (non-hydrogen) atoms. The molecule has 3 rings (SSSR count).